The molecule has 6 nitrogen and oxygen atoms in total. The number of hydrogen-bond acceptors (Lipinski definition) is 4. The van der Waals surface area contributed by atoms with Gasteiger partial charge in [0.25, 0.3) is 15.9 Å². The quantitative estimate of drug-likeness (QED) is 0.537. The predicted octanol–water partition coefficient (Wildman–Crippen LogP) is 4.41. The molecule has 0 spiro atoms. The summed E-state index contributed by atoms with van der Waals surface area (Å²) in [5, 5.41) is 12.7. The van der Waals surface area contributed by atoms with Gasteiger partial charge in [-0.2, -0.15) is 0 Å². The van der Waals surface area contributed by atoms with Gasteiger partial charge in [-0.3, -0.25) is 9.52 Å². The van der Waals surface area contributed by atoms with Crippen molar-refractivity contribution < 1.29 is 18.3 Å². The Hall–Kier alpha value is -3.03. The van der Waals surface area contributed by atoms with Crippen LogP contribution in [0.3, 0.4) is 0 Å². The molecule has 0 saturated heterocycles. The van der Waals surface area contributed by atoms with Gasteiger partial charge >= 0.3 is 0 Å². The Morgan fingerprint density at radius 3 is 2.50 bits per heavy atom. The molecule has 28 heavy (non-hydrogen) atoms. The van der Waals surface area contributed by atoms with E-state index in [1.165, 1.54) is 42.5 Å². The summed E-state index contributed by atoms with van der Waals surface area (Å²) in [5.74, 6) is -0.729. The summed E-state index contributed by atoms with van der Waals surface area (Å²) in [6.45, 7) is 1.86. The lowest BCUT2D eigenvalue weighted by molar-refractivity contribution is 0.102. The van der Waals surface area contributed by atoms with Crippen LogP contribution < -0.4 is 10.0 Å². The molecule has 0 fully saturated rings. The molecule has 8 heteroatoms. The molecule has 3 rings (SSSR count). The van der Waals surface area contributed by atoms with Gasteiger partial charge in [-0.05, 0) is 61.0 Å². The maximum atomic E-state index is 12.6. The molecule has 0 aliphatic heterocycles. The number of hydrogen-bond donors (Lipinski definition) is 3. The monoisotopic (exact) mass is 416 g/mol. The zero-order valence-corrected chi connectivity index (χ0v) is 16.4. The maximum absolute atomic E-state index is 12.6. The summed E-state index contributed by atoms with van der Waals surface area (Å²) in [7, 11) is -3.87. The fraction of sp³-hybridized carbons (Fsp3) is 0.0500. The summed E-state index contributed by atoms with van der Waals surface area (Å²) >= 11 is 5.87. The first-order valence-corrected chi connectivity index (χ1v) is 10.1. The fourth-order valence-electron chi connectivity index (χ4n) is 2.53. The third kappa shape index (κ3) is 4.62. The Kier molecular flexibility index (Phi) is 5.58. The molecular formula is C20H17ClN2O4S. The Morgan fingerprint density at radius 2 is 1.75 bits per heavy atom. The molecule has 0 unspecified atom stereocenters. The highest BCUT2D eigenvalue weighted by Crippen LogP contribution is 2.27. The standard InChI is InChI=1S/C20H17ClN2O4S/c1-13-4-2-6-16(10-13)23-28(26,27)17-7-3-5-14(11-17)20(25)22-18-12-15(21)8-9-19(18)24/h2-12,23-24H,1H3,(H,22,25). The third-order valence-corrected chi connectivity index (χ3v) is 5.50. The average Bonchev–Trinajstić information content (AvgIpc) is 2.64. The number of amides is 1. The molecule has 0 aliphatic carbocycles. The zero-order valence-electron chi connectivity index (χ0n) is 14.8. The maximum Gasteiger partial charge on any atom is 0.261 e. The highest BCUT2D eigenvalue weighted by molar-refractivity contribution is 7.92. The number of phenols is 1. The molecule has 0 bridgehead atoms. The van der Waals surface area contributed by atoms with Gasteiger partial charge in [-0.1, -0.05) is 29.8 Å². The number of halogens is 1. The van der Waals surface area contributed by atoms with E-state index in [-0.39, 0.29) is 21.9 Å². The van der Waals surface area contributed by atoms with Crippen molar-refractivity contribution >= 4 is 38.9 Å². The van der Waals surface area contributed by atoms with Crippen LogP contribution >= 0.6 is 11.6 Å². The normalized spacial score (nSPS) is 11.1. The first kappa shape index (κ1) is 19.7. The van der Waals surface area contributed by atoms with Crippen LogP contribution in [0.1, 0.15) is 15.9 Å². The minimum Gasteiger partial charge on any atom is -0.506 e. The molecule has 3 N–H and O–H groups in total. The van der Waals surface area contributed by atoms with Crippen molar-refractivity contribution in [2.24, 2.45) is 0 Å². The number of benzene rings is 3. The average molecular weight is 417 g/mol. The molecule has 0 radical (unpaired) electrons. The van der Waals surface area contributed by atoms with E-state index in [4.69, 9.17) is 11.6 Å². The second-order valence-corrected chi connectivity index (χ2v) is 8.24. The molecule has 0 saturated carbocycles. The first-order valence-electron chi connectivity index (χ1n) is 8.24. The van der Waals surface area contributed by atoms with Crippen molar-refractivity contribution in [3.05, 3.63) is 82.9 Å². The van der Waals surface area contributed by atoms with Crippen LogP contribution in [0.4, 0.5) is 11.4 Å². The lowest BCUT2D eigenvalue weighted by Crippen LogP contribution is -2.16. The van der Waals surface area contributed by atoms with E-state index >= 15 is 0 Å². The number of carbonyl (C=O) groups excluding carboxylic acids is 1. The van der Waals surface area contributed by atoms with Gasteiger partial charge in [-0.25, -0.2) is 8.42 Å². The number of anilines is 2. The van der Waals surface area contributed by atoms with Crippen LogP contribution in [0.25, 0.3) is 0 Å². The van der Waals surface area contributed by atoms with Gasteiger partial charge < -0.3 is 10.4 Å². The zero-order chi connectivity index (χ0) is 20.3. The van der Waals surface area contributed by atoms with Gasteiger partial charge in [0, 0.05) is 16.3 Å². The SMILES string of the molecule is Cc1cccc(NS(=O)(=O)c2cccc(C(=O)Nc3cc(Cl)ccc3O)c2)c1. The second kappa shape index (κ2) is 7.92. The van der Waals surface area contributed by atoms with E-state index in [1.54, 1.807) is 18.2 Å². The second-order valence-electron chi connectivity index (χ2n) is 6.12. The van der Waals surface area contributed by atoms with Crippen LogP contribution in [0.5, 0.6) is 5.75 Å². The van der Waals surface area contributed by atoms with Crippen LogP contribution in [0.2, 0.25) is 5.02 Å². The Labute approximate surface area is 167 Å². The summed E-state index contributed by atoms with van der Waals surface area (Å²) in [4.78, 5) is 12.4. The topological polar surface area (TPSA) is 95.5 Å². The third-order valence-electron chi connectivity index (χ3n) is 3.88. The van der Waals surface area contributed by atoms with Crippen molar-refractivity contribution in [2.45, 2.75) is 11.8 Å². The van der Waals surface area contributed by atoms with Crippen LogP contribution in [0, 0.1) is 6.92 Å². The van der Waals surface area contributed by atoms with Crippen molar-refractivity contribution in [2.75, 3.05) is 10.0 Å². The Balaban J connectivity index is 1.85. The number of carbonyl (C=O) groups is 1. The van der Waals surface area contributed by atoms with Crippen molar-refractivity contribution in [1.82, 2.24) is 0 Å². The number of aromatic hydroxyl groups is 1. The largest absolute Gasteiger partial charge is 0.506 e. The molecule has 0 atom stereocenters. The predicted molar refractivity (Wildman–Crippen MR) is 109 cm³/mol. The van der Waals surface area contributed by atoms with E-state index in [9.17, 15) is 18.3 Å². The van der Waals surface area contributed by atoms with E-state index in [0.717, 1.165) is 5.56 Å². The van der Waals surface area contributed by atoms with E-state index in [1.807, 2.05) is 13.0 Å². The fourth-order valence-corrected chi connectivity index (χ4v) is 3.80. The molecule has 0 aromatic heterocycles. The molecule has 0 heterocycles. The summed E-state index contributed by atoms with van der Waals surface area (Å²) in [6.07, 6.45) is 0. The van der Waals surface area contributed by atoms with Crippen LogP contribution in [-0.4, -0.2) is 19.4 Å². The molecule has 0 aliphatic rings. The van der Waals surface area contributed by atoms with E-state index < -0.39 is 15.9 Å². The summed E-state index contributed by atoms with van der Waals surface area (Å²) in [6, 6.07) is 16.8. The number of nitrogens with one attached hydrogen (secondary N) is 2. The summed E-state index contributed by atoms with van der Waals surface area (Å²) in [5.41, 5.74) is 1.59. The van der Waals surface area contributed by atoms with Gasteiger partial charge in [-0.15, -0.1) is 0 Å². The summed E-state index contributed by atoms with van der Waals surface area (Å²) < 4.78 is 27.8. The number of aryl methyl sites for hydroxylation is 1. The highest BCUT2D eigenvalue weighted by Gasteiger charge is 2.17. The molecule has 3 aromatic rings. The van der Waals surface area contributed by atoms with Crippen LogP contribution in [0.15, 0.2) is 71.6 Å². The number of sulfonamides is 1. The first-order chi connectivity index (χ1) is 13.2. The number of rotatable bonds is 5. The van der Waals surface area contributed by atoms with Crippen molar-refractivity contribution in [3.63, 3.8) is 0 Å². The minimum absolute atomic E-state index is 0.0584. The Bertz CT molecular complexity index is 1150. The number of phenolic OH excluding ortho intramolecular Hbond substituents is 1. The minimum atomic E-state index is -3.87. The van der Waals surface area contributed by atoms with Gasteiger partial charge in [0.1, 0.15) is 5.75 Å². The van der Waals surface area contributed by atoms with Gasteiger partial charge in [0.15, 0.2) is 0 Å². The Morgan fingerprint density at radius 1 is 1.00 bits per heavy atom. The van der Waals surface area contributed by atoms with Gasteiger partial charge in [0.2, 0.25) is 0 Å². The smallest absolute Gasteiger partial charge is 0.261 e. The van der Waals surface area contributed by atoms with Gasteiger partial charge in [0.05, 0.1) is 10.6 Å². The van der Waals surface area contributed by atoms with E-state index in [2.05, 4.69) is 10.0 Å². The highest BCUT2D eigenvalue weighted by atomic mass is 35.5. The molecule has 1 amide bonds. The van der Waals surface area contributed by atoms with Crippen molar-refractivity contribution in [3.8, 4) is 5.75 Å². The lowest BCUT2D eigenvalue weighted by Gasteiger charge is -2.11. The lowest BCUT2D eigenvalue weighted by atomic mass is 10.2. The molecular weight excluding hydrogens is 400 g/mol. The van der Waals surface area contributed by atoms with E-state index in [0.29, 0.717) is 10.7 Å². The molecule has 144 valence electrons. The van der Waals surface area contributed by atoms with Crippen LogP contribution in [-0.2, 0) is 10.0 Å². The van der Waals surface area contributed by atoms with Crippen molar-refractivity contribution in [1.29, 1.82) is 0 Å². The molecule has 3 aromatic carbocycles.